The van der Waals surface area contributed by atoms with E-state index in [0.717, 1.165) is 13.0 Å². The number of hydrogen-bond donors (Lipinski definition) is 1. The minimum absolute atomic E-state index is 0.425. The van der Waals surface area contributed by atoms with Gasteiger partial charge in [0.05, 0.1) is 0 Å². The molecule has 1 fully saturated rings. The summed E-state index contributed by atoms with van der Waals surface area (Å²) >= 11 is 0. The number of rotatable bonds is 2. The molecule has 1 aliphatic heterocycles. The molecule has 4 nitrogen and oxygen atoms in total. The Labute approximate surface area is 114 Å². The van der Waals surface area contributed by atoms with Crippen molar-refractivity contribution in [2.24, 2.45) is 0 Å². The minimum Gasteiger partial charge on any atom is -0.410 e. The average Bonchev–Trinajstić information content (AvgIpc) is 2.72. The molecule has 1 N–H and O–H groups in total. The molecule has 4 heteroatoms. The molecule has 0 bridgehead atoms. The Bertz CT molecular complexity index is 473. The molecule has 0 aliphatic carbocycles. The Balaban J connectivity index is 2.25. The van der Waals surface area contributed by atoms with E-state index in [4.69, 9.17) is 4.74 Å². The number of carbonyl (C=O) groups excluding carboxylic acids is 1. The predicted molar refractivity (Wildman–Crippen MR) is 75.7 cm³/mol. The van der Waals surface area contributed by atoms with Gasteiger partial charge in [0.2, 0.25) is 0 Å². The van der Waals surface area contributed by atoms with E-state index in [-0.39, 0.29) is 0 Å². The number of nitrogens with one attached hydrogen (secondary N) is 1. The summed E-state index contributed by atoms with van der Waals surface area (Å²) in [6.45, 7) is 5.49. The Morgan fingerprint density at radius 1 is 1.47 bits per heavy atom. The SMILES string of the molecule is CNC(=O)Oc1ccc(C)c(C2CCN(C)C2C)c1. The quantitative estimate of drug-likeness (QED) is 0.890. The van der Waals surface area contributed by atoms with E-state index in [9.17, 15) is 4.79 Å². The molecular weight excluding hydrogens is 240 g/mol. The summed E-state index contributed by atoms with van der Waals surface area (Å²) in [6.07, 6.45) is 0.730. The third kappa shape index (κ3) is 2.89. The zero-order valence-electron chi connectivity index (χ0n) is 12.1. The van der Waals surface area contributed by atoms with Gasteiger partial charge in [0.15, 0.2) is 0 Å². The van der Waals surface area contributed by atoms with Crippen LogP contribution in [0.4, 0.5) is 4.79 Å². The maximum Gasteiger partial charge on any atom is 0.412 e. The highest BCUT2D eigenvalue weighted by Crippen LogP contribution is 2.35. The summed E-state index contributed by atoms with van der Waals surface area (Å²) in [7, 11) is 3.72. The first-order valence-corrected chi connectivity index (χ1v) is 6.73. The third-order valence-electron chi connectivity index (χ3n) is 4.14. The Hall–Kier alpha value is -1.55. The maximum absolute atomic E-state index is 11.3. The monoisotopic (exact) mass is 262 g/mol. The van der Waals surface area contributed by atoms with Crippen molar-refractivity contribution < 1.29 is 9.53 Å². The number of likely N-dealkylation sites (N-methyl/N-ethyl adjacent to an activating group) is 1. The normalized spacial score (nSPS) is 23.4. The van der Waals surface area contributed by atoms with Crippen LogP contribution in [0.1, 0.15) is 30.4 Å². The summed E-state index contributed by atoms with van der Waals surface area (Å²) in [5, 5.41) is 2.46. The lowest BCUT2D eigenvalue weighted by molar-refractivity contribution is 0.203. The van der Waals surface area contributed by atoms with Crippen molar-refractivity contribution in [1.29, 1.82) is 0 Å². The molecule has 104 valence electrons. The smallest absolute Gasteiger partial charge is 0.410 e. The van der Waals surface area contributed by atoms with Crippen molar-refractivity contribution in [2.45, 2.75) is 32.2 Å². The van der Waals surface area contributed by atoms with Crippen molar-refractivity contribution in [3.63, 3.8) is 0 Å². The number of aryl methyl sites for hydroxylation is 1. The van der Waals surface area contributed by atoms with Crippen molar-refractivity contribution in [2.75, 3.05) is 20.6 Å². The lowest BCUT2D eigenvalue weighted by Crippen LogP contribution is -2.25. The molecule has 1 aliphatic rings. The number of likely N-dealkylation sites (tertiary alicyclic amines) is 1. The first-order chi connectivity index (χ1) is 9.02. The Morgan fingerprint density at radius 2 is 2.21 bits per heavy atom. The van der Waals surface area contributed by atoms with Crippen molar-refractivity contribution in [3.8, 4) is 5.75 Å². The van der Waals surface area contributed by atoms with Crippen LogP contribution in [0.5, 0.6) is 5.75 Å². The lowest BCUT2D eigenvalue weighted by Gasteiger charge is -2.22. The fourth-order valence-corrected chi connectivity index (χ4v) is 2.75. The second-order valence-electron chi connectivity index (χ2n) is 5.27. The molecule has 1 aromatic rings. The van der Waals surface area contributed by atoms with Gasteiger partial charge in [-0.25, -0.2) is 4.79 Å². The number of nitrogens with zero attached hydrogens (tertiary/aromatic N) is 1. The molecule has 1 saturated heterocycles. The molecule has 1 amide bonds. The minimum atomic E-state index is -0.425. The van der Waals surface area contributed by atoms with E-state index in [1.165, 1.54) is 11.1 Å². The fourth-order valence-electron chi connectivity index (χ4n) is 2.75. The van der Waals surface area contributed by atoms with E-state index >= 15 is 0 Å². The summed E-state index contributed by atoms with van der Waals surface area (Å²) in [5.74, 6) is 1.12. The molecule has 2 atom stereocenters. The molecule has 2 unspecified atom stereocenters. The molecular formula is C15H22N2O2. The standard InChI is InChI=1S/C15H22N2O2/c1-10-5-6-12(19-15(18)16-3)9-14(10)13-7-8-17(4)11(13)2/h5-6,9,11,13H,7-8H2,1-4H3,(H,16,18). The van der Waals surface area contributed by atoms with Gasteiger partial charge in [-0.3, -0.25) is 0 Å². The Kier molecular flexibility index (Phi) is 4.10. The molecule has 1 heterocycles. The van der Waals surface area contributed by atoms with Crippen LogP contribution in [0, 0.1) is 6.92 Å². The van der Waals surface area contributed by atoms with Crippen LogP contribution in [0.2, 0.25) is 0 Å². The van der Waals surface area contributed by atoms with E-state index in [2.05, 4.69) is 31.1 Å². The highest BCUT2D eigenvalue weighted by Gasteiger charge is 2.30. The van der Waals surface area contributed by atoms with E-state index in [1.807, 2.05) is 18.2 Å². The van der Waals surface area contributed by atoms with E-state index < -0.39 is 6.09 Å². The molecule has 19 heavy (non-hydrogen) atoms. The summed E-state index contributed by atoms with van der Waals surface area (Å²) in [5.41, 5.74) is 2.55. The lowest BCUT2D eigenvalue weighted by atomic mass is 9.89. The van der Waals surface area contributed by atoms with Gasteiger partial charge in [-0.1, -0.05) is 6.07 Å². The van der Waals surface area contributed by atoms with Crippen molar-refractivity contribution in [3.05, 3.63) is 29.3 Å². The van der Waals surface area contributed by atoms with Crippen LogP contribution in [-0.2, 0) is 0 Å². The van der Waals surface area contributed by atoms with Gasteiger partial charge in [-0.05, 0) is 57.1 Å². The predicted octanol–water partition coefficient (Wildman–Crippen LogP) is 2.52. The van der Waals surface area contributed by atoms with Crippen LogP contribution < -0.4 is 10.1 Å². The summed E-state index contributed by atoms with van der Waals surface area (Å²) in [6, 6.07) is 6.40. The van der Waals surface area contributed by atoms with Crippen LogP contribution in [0.25, 0.3) is 0 Å². The van der Waals surface area contributed by atoms with Crippen LogP contribution in [0.3, 0.4) is 0 Å². The fraction of sp³-hybridized carbons (Fsp3) is 0.533. The number of carbonyl (C=O) groups is 1. The topological polar surface area (TPSA) is 41.6 Å². The molecule has 0 aromatic heterocycles. The molecule has 2 rings (SSSR count). The Morgan fingerprint density at radius 3 is 2.79 bits per heavy atom. The highest BCUT2D eigenvalue weighted by molar-refractivity contribution is 5.70. The molecule has 0 saturated carbocycles. The van der Waals surface area contributed by atoms with Gasteiger partial charge >= 0.3 is 6.09 Å². The zero-order chi connectivity index (χ0) is 14.0. The number of benzene rings is 1. The van der Waals surface area contributed by atoms with E-state index in [0.29, 0.717) is 17.7 Å². The average molecular weight is 262 g/mol. The first kappa shape index (κ1) is 13.9. The molecule has 1 aromatic carbocycles. The van der Waals surface area contributed by atoms with Gasteiger partial charge in [-0.15, -0.1) is 0 Å². The van der Waals surface area contributed by atoms with E-state index in [1.54, 1.807) is 7.05 Å². The van der Waals surface area contributed by atoms with Gasteiger partial charge in [0.1, 0.15) is 5.75 Å². The number of ether oxygens (including phenoxy) is 1. The third-order valence-corrected chi connectivity index (χ3v) is 4.14. The largest absolute Gasteiger partial charge is 0.412 e. The number of amides is 1. The highest BCUT2D eigenvalue weighted by atomic mass is 16.5. The van der Waals surface area contributed by atoms with Gasteiger partial charge in [-0.2, -0.15) is 0 Å². The molecule has 0 radical (unpaired) electrons. The summed E-state index contributed by atoms with van der Waals surface area (Å²) < 4.78 is 5.22. The summed E-state index contributed by atoms with van der Waals surface area (Å²) in [4.78, 5) is 13.6. The van der Waals surface area contributed by atoms with Gasteiger partial charge in [0, 0.05) is 19.0 Å². The van der Waals surface area contributed by atoms with Crippen molar-refractivity contribution >= 4 is 6.09 Å². The maximum atomic E-state index is 11.3. The first-order valence-electron chi connectivity index (χ1n) is 6.73. The zero-order valence-corrected chi connectivity index (χ0v) is 12.1. The van der Waals surface area contributed by atoms with Gasteiger partial charge in [0.25, 0.3) is 0 Å². The van der Waals surface area contributed by atoms with Gasteiger partial charge < -0.3 is 15.0 Å². The second-order valence-corrected chi connectivity index (χ2v) is 5.27. The number of hydrogen-bond acceptors (Lipinski definition) is 3. The van der Waals surface area contributed by atoms with Crippen LogP contribution >= 0.6 is 0 Å². The molecule has 0 spiro atoms. The van der Waals surface area contributed by atoms with Crippen LogP contribution in [-0.4, -0.2) is 37.7 Å². The second kappa shape index (κ2) is 5.61. The van der Waals surface area contributed by atoms with Crippen LogP contribution in [0.15, 0.2) is 18.2 Å². The van der Waals surface area contributed by atoms with Crippen molar-refractivity contribution in [1.82, 2.24) is 10.2 Å².